The fourth-order valence-corrected chi connectivity index (χ4v) is 5.28. The maximum absolute atomic E-state index is 12.7. The number of benzene rings is 1. The fraction of sp³-hybridized carbons (Fsp3) is 0.286. The number of halogens is 2. The number of hydrogen-bond acceptors (Lipinski definition) is 6. The number of nitrogens with one attached hydrogen (secondary N) is 1. The van der Waals surface area contributed by atoms with E-state index in [0.717, 1.165) is 54.3 Å². The van der Waals surface area contributed by atoms with Crippen LogP contribution in [-0.4, -0.2) is 43.5 Å². The molecule has 5 rings (SSSR count). The van der Waals surface area contributed by atoms with E-state index in [0.29, 0.717) is 13.2 Å². The number of nitrogens with zero attached hydrogens (tertiary/aromatic N) is 5. The van der Waals surface area contributed by atoms with Crippen LogP contribution in [0, 0.1) is 0 Å². The van der Waals surface area contributed by atoms with E-state index in [-0.39, 0.29) is 27.6 Å². The summed E-state index contributed by atoms with van der Waals surface area (Å²) in [5, 5.41) is 3.36. The van der Waals surface area contributed by atoms with Gasteiger partial charge in [-0.05, 0) is 23.3 Å². The molecule has 0 saturated carbocycles. The number of pyridine rings is 2. The van der Waals surface area contributed by atoms with Crippen LogP contribution in [0.15, 0.2) is 67.4 Å². The summed E-state index contributed by atoms with van der Waals surface area (Å²) in [5.74, 6) is 1.54. The van der Waals surface area contributed by atoms with Crippen LogP contribution in [0.25, 0.3) is 0 Å². The maximum atomic E-state index is 12.7. The van der Waals surface area contributed by atoms with E-state index in [2.05, 4.69) is 41.9 Å². The Labute approximate surface area is 231 Å². The molecule has 1 aliphatic heterocycles. The fourth-order valence-electron chi connectivity index (χ4n) is 4.75. The van der Waals surface area contributed by atoms with Crippen LogP contribution in [0.5, 0.6) is 5.75 Å². The molecular weight excluding hydrogens is 523 g/mol. The molecule has 8 nitrogen and oxygen atoms in total. The van der Waals surface area contributed by atoms with Crippen molar-refractivity contribution in [3.05, 3.63) is 106 Å². The van der Waals surface area contributed by atoms with Crippen molar-refractivity contribution in [1.82, 2.24) is 29.7 Å². The van der Waals surface area contributed by atoms with E-state index in [4.69, 9.17) is 27.9 Å². The Kier molecular flexibility index (Phi) is 8.22. The van der Waals surface area contributed by atoms with Crippen LogP contribution in [0.4, 0.5) is 0 Å². The van der Waals surface area contributed by atoms with Gasteiger partial charge in [-0.25, -0.2) is 4.98 Å². The molecular formula is C28H28Cl2N6O2. The SMILES string of the molecule is Cn1ccnc1CCN(Cc1cccc(CNC(=O)c2c(Cl)cncc2Cl)c1)C1CCOc2cccnc21. The quantitative estimate of drug-likeness (QED) is 0.315. The molecule has 1 unspecified atom stereocenters. The van der Waals surface area contributed by atoms with Crippen molar-refractivity contribution in [3.63, 3.8) is 0 Å². The number of amides is 1. The third-order valence-corrected chi connectivity index (χ3v) is 7.23. The van der Waals surface area contributed by atoms with Crippen molar-refractivity contribution >= 4 is 29.1 Å². The first-order valence-corrected chi connectivity index (χ1v) is 13.2. The largest absolute Gasteiger partial charge is 0.492 e. The summed E-state index contributed by atoms with van der Waals surface area (Å²) in [7, 11) is 2.02. The van der Waals surface area contributed by atoms with Crippen LogP contribution in [-0.2, 0) is 26.6 Å². The molecule has 0 spiro atoms. The Morgan fingerprint density at radius 1 is 1.13 bits per heavy atom. The van der Waals surface area contributed by atoms with Gasteiger partial charge in [-0.1, -0.05) is 47.5 Å². The summed E-state index contributed by atoms with van der Waals surface area (Å²) in [6, 6.07) is 12.2. The van der Waals surface area contributed by atoms with Gasteiger partial charge in [0.15, 0.2) is 0 Å². The number of hydrogen-bond donors (Lipinski definition) is 1. The van der Waals surface area contributed by atoms with Gasteiger partial charge >= 0.3 is 0 Å². The van der Waals surface area contributed by atoms with Crippen LogP contribution in [0.3, 0.4) is 0 Å². The number of aryl methyl sites for hydroxylation is 1. The molecule has 0 fully saturated rings. The lowest BCUT2D eigenvalue weighted by molar-refractivity contribution is 0.0951. The van der Waals surface area contributed by atoms with Crippen LogP contribution >= 0.6 is 23.2 Å². The minimum Gasteiger partial charge on any atom is -0.492 e. The normalized spacial score (nSPS) is 14.7. The third-order valence-electron chi connectivity index (χ3n) is 6.66. The molecule has 1 aromatic carbocycles. The van der Waals surface area contributed by atoms with Crippen molar-refractivity contribution in [2.45, 2.75) is 32.0 Å². The summed E-state index contributed by atoms with van der Waals surface area (Å²) in [5.41, 5.74) is 3.31. The lowest BCUT2D eigenvalue weighted by Crippen LogP contribution is -2.34. The van der Waals surface area contributed by atoms with E-state index >= 15 is 0 Å². The Bertz CT molecular complexity index is 1410. The highest BCUT2D eigenvalue weighted by Crippen LogP contribution is 2.35. The molecule has 0 aliphatic carbocycles. The van der Waals surface area contributed by atoms with Gasteiger partial charge in [0.1, 0.15) is 11.6 Å². The van der Waals surface area contributed by atoms with Crippen molar-refractivity contribution in [2.75, 3.05) is 13.2 Å². The predicted octanol–water partition coefficient (Wildman–Crippen LogP) is 5.02. The first-order valence-electron chi connectivity index (χ1n) is 12.4. The summed E-state index contributed by atoms with van der Waals surface area (Å²) >= 11 is 12.3. The second kappa shape index (κ2) is 11.9. The van der Waals surface area contributed by atoms with Crippen LogP contribution in [0.2, 0.25) is 10.0 Å². The van der Waals surface area contributed by atoms with Gasteiger partial charge in [-0.2, -0.15) is 0 Å². The molecule has 10 heteroatoms. The Balaban J connectivity index is 1.33. The van der Waals surface area contributed by atoms with Gasteiger partial charge in [0.25, 0.3) is 5.91 Å². The zero-order valence-corrected chi connectivity index (χ0v) is 22.5. The molecule has 1 N–H and O–H groups in total. The summed E-state index contributed by atoms with van der Waals surface area (Å²) in [4.78, 5) is 28.3. The van der Waals surface area contributed by atoms with Gasteiger partial charge in [0, 0.05) is 70.5 Å². The first-order chi connectivity index (χ1) is 18.5. The van der Waals surface area contributed by atoms with Crippen molar-refractivity contribution in [3.8, 4) is 5.75 Å². The van der Waals surface area contributed by atoms with Crippen LogP contribution in [0.1, 0.15) is 45.5 Å². The minimum absolute atomic E-state index is 0.125. The van der Waals surface area contributed by atoms with E-state index in [1.807, 2.05) is 49.9 Å². The molecule has 1 aliphatic rings. The summed E-state index contributed by atoms with van der Waals surface area (Å²) < 4.78 is 7.94. The molecule has 1 atom stereocenters. The highest BCUT2D eigenvalue weighted by Gasteiger charge is 2.28. The lowest BCUT2D eigenvalue weighted by Gasteiger charge is -2.35. The second-order valence-corrected chi connectivity index (χ2v) is 10.0. The number of carbonyl (C=O) groups excluding carboxylic acids is 1. The van der Waals surface area contributed by atoms with Crippen molar-refractivity contribution in [1.29, 1.82) is 0 Å². The maximum Gasteiger partial charge on any atom is 0.254 e. The zero-order chi connectivity index (χ0) is 26.5. The number of ether oxygens (including phenoxy) is 1. The van der Waals surface area contributed by atoms with E-state index < -0.39 is 0 Å². The summed E-state index contributed by atoms with van der Waals surface area (Å²) in [6.45, 7) is 2.52. The molecule has 38 heavy (non-hydrogen) atoms. The second-order valence-electron chi connectivity index (χ2n) is 9.20. The molecule has 4 heterocycles. The first kappa shape index (κ1) is 26.2. The summed E-state index contributed by atoms with van der Waals surface area (Å²) in [6.07, 6.45) is 10.1. The van der Waals surface area contributed by atoms with Gasteiger partial charge in [-0.15, -0.1) is 0 Å². The van der Waals surface area contributed by atoms with Gasteiger partial charge in [0.2, 0.25) is 0 Å². The van der Waals surface area contributed by atoms with Crippen molar-refractivity contribution in [2.24, 2.45) is 7.05 Å². The third kappa shape index (κ3) is 5.99. The molecule has 0 saturated heterocycles. The molecule has 1 amide bonds. The number of aromatic nitrogens is 4. The van der Waals surface area contributed by atoms with E-state index in [1.165, 1.54) is 12.4 Å². The monoisotopic (exact) mass is 550 g/mol. The predicted molar refractivity (Wildman–Crippen MR) is 146 cm³/mol. The Morgan fingerprint density at radius 2 is 1.95 bits per heavy atom. The standard InChI is InChI=1S/C28H28Cl2N6O2/c1-35-12-10-32-25(35)7-11-36(23-8-13-38-24-6-3-9-33-27(23)24)18-20-5-2-4-19(14-20)15-34-28(37)26-21(29)16-31-17-22(26)30/h2-6,9-10,12,14,16-17,23H,7-8,11,13,15,18H2,1H3,(H,34,37). The highest BCUT2D eigenvalue weighted by atomic mass is 35.5. The average molecular weight is 551 g/mol. The highest BCUT2D eigenvalue weighted by molar-refractivity contribution is 6.39. The molecule has 0 radical (unpaired) electrons. The van der Waals surface area contributed by atoms with Gasteiger partial charge in [-0.3, -0.25) is 19.7 Å². The zero-order valence-electron chi connectivity index (χ0n) is 21.0. The van der Waals surface area contributed by atoms with Gasteiger partial charge < -0.3 is 14.6 Å². The van der Waals surface area contributed by atoms with Crippen LogP contribution < -0.4 is 10.1 Å². The number of carbonyl (C=O) groups is 1. The topological polar surface area (TPSA) is 85.2 Å². The van der Waals surface area contributed by atoms with Crippen molar-refractivity contribution < 1.29 is 9.53 Å². The van der Waals surface area contributed by atoms with E-state index in [9.17, 15) is 4.79 Å². The number of imidazole rings is 1. The number of fused-ring (bicyclic) bond motifs is 1. The molecule has 196 valence electrons. The van der Waals surface area contributed by atoms with E-state index in [1.54, 1.807) is 0 Å². The molecule has 0 bridgehead atoms. The Morgan fingerprint density at radius 3 is 2.74 bits per heavy atom. The molecule has 4 aromatic rings. The minimum atomic E-state index is -0.339. The average Bonchev–Trinajstić information content (AvgIpc) is 3.34. The van der Waals surface area contributed by atoms with Gasteiger partial charge in [0.05, 0.1) is 34.0 Å². The smallest absolute Gasteiger partial charge is 0.254 e. The Hall–Kier alpha value is -3.46. The lowest BCUT2D eigenvalue weighted by atomic mass is 10.0. The molecule has 3 aromatic heterocycles. The number of rotatable bonds is 9.